The van der Waals surface area contributed by atoms with Crippen molar-refractivity contribution < 1.29 is 10.2 Å². The van der Waals surface area contributed by atoms with E-state index in [-0.39, 0.29) is 29.9 Å². The van der Waals surface area contributed by atoms with Gasteiger partial charge in [-0.25, -0.2) is 0 Å². The van der Waals surface area contributed by atoms with E-state index in [4.69, 9.17) is 5.73 Å². The minimum Gasteiger partial charge on any atom is -0.504 e. The fourth-order valence-electron chi connectivity index (χ4n) is 1.77. The Morgan fingerprint density at radius 1 is 0.944 bits per heavy atom. The molecular formula is C14H16ClNO2. The number of phenolic OH excluding ortho intramolecular Hbond substituents is 2. The van der Waals surface area contributed by atoms with E-state index >= 15 is 0 Å². The third-order valence-electron chi connectivity index (χ3n) is 2.72. The lowest BCUT2D eigenvalue weighted by Gasteiger charge is -2.12. The van der Waals surface area contributed by atoms with Crippen LogP contribution >= 0.6 is 12.4 Å². The number of nitrogens with two attached hydrogens (primary N) is 1. The zero-order valence-electron chi connectivity index (χ0n) is 9.78. The summed E-state index contributed by atoms with van der Waals surface area (Å²) >= 11 is 0. The van der Waals surface area contributed by atoms with Gasteiger partial charge in [0.15, 0.2) is 11.5 Å². The predicted molar refractivity (Wildman–Crippen MR) is 74.1 cm³/mol. The van der Waals surface area contributed by atoms with Gasteiger partial charge in [0.05, 0.1) is 0 Å². The standard InChI is InChI=1S/C14H15NO2.ClH/c15-12(11-4-2-1-3-5-11)8-10-6-7-13(16)14(17)9-10;/h1-7,9,12,16-17H,8,15H2;1H. The van der Waals surface area contributed by atoms with Crippen LogP contribution in [0.15, 0.2) is 48.5 Å². The Bertz CT molecular complexity index is 502. The first-order chi connectivity index (χ1) is 8.16. The van der Waals surface area contributed by atoms with Gasteiger partial charge >= 0.3 is 0 Å². The van der Waals surface area contributed by atoms with Crippen molar-refractivity contribution in [1.82, 2.24) is 0 Å². The van der Waals surface area contributed by atoms with Crippen LogP contribution in [0, 0.1) is 0 Å². The van der Waals surface area contributed by atoms with Crippen molar-refractivity contribution in [3.8, 4) is 11.5 Å². The van der Waals surface area contributed by atoms with E-state index in [1.54, 1.807) is 6.07 Å². The molecule has 0 fully saturated rings. The monoisotopic (exact) mass is 265 g/mol. The molecule has 2 rings (SSSR count). The molecule has 0 amide bonds. The highest BCUT2D eigenvalue weighted by Crippen LogP contribution is 2.26. The Morgan fingerprint density at radius 2 is 1.61 bits per heavy atom. The number of phenols is 2. The average molecular weight is 266 g/mol. The maximum atomic E-state index is 9.39. The number of hydrogen-bond acceptors (Lipinski definition) is 3. The molecule has 0 aliphatic carbocycles. The summed E-state index contributed by atoms with van der Waals surface area (Å²) in [6, 6.07) is 14.5. The lowest BCUT2D eigenvalue weighted by atomic mass is 9.99. The van der Waals surface area contributed by atoms with Gasteiger partial charge in [-0.15, -0.1) is 12.4 Å². The summed E-state index contributed by atoms with van der Waals surface area (Å²) in [6.07, 6.45) is 0.623. The fraction of sp³-hybridized carbons (Fsp3) is 0.143. The first-order valence-electron chi connectivity index (χ1n) is 5.48. The Balaban J connectivity index is 0.00000162. The van der Waals surface area contributed by atoms with Crippen LogP contribution in [0.4, 0.5) is 0 Å². The molecule has 0 spiro atoms. The zero-order valence-corrected chi connectivity index (χ0v) is 10.6. The molecule has 96 valence electrons. The van der Waals surface area contributed by atoms with E-state index in [0.717, 1.165) is 11.1 Å². The molecule has 0 heterocycles. The lowest BCUT2D eigenvalue weighted by molar-refractivity contribution is 0.403. The number of hydrogen-bond donors (Lipinski definition) is 3. The van der Waals surface area contributed by atoms with Gasteiger partial charge in [0.2, 0.25) is 0 Å². The van der Waals surface area contributed by atoms with Crippen LogP contribution < -0.4 is 5.73 Å². The molecule has 0 aromatic heterocycles. The first kappa shape index (κ1) is 14.4. The molecule has 0 saturated carbocycles. The van der Waals surface area contributed by atoms with E-state index in [1.165, 1.54) is 12.1 Å². The SMILES string of the molecule is Cl.NC(Cc1ccc(O)c(O)c1)c1ccccc1. The van der Waals surface area contributed by atoms with E-state index < -0.39 is 0 Å². The van der Waals surface area contributed by atoms with E-state index in [0.29, 0.717) is 6.42 Å². The Hall–Kier alpha value is -1.71. The van der Waals surface area contributed by atoms with Crippen LogP contribution in [0.1, 0.15) is 17.2 Å². The van der Waals surface area contributed by atoms with Crippen molar-refractivity contribution in [3.05, 3.63) is 59.7 Å². The predicted octanol–water partition coefficient (Wildman–Crippen LogP) is 2.76. The Labute approximate surface area is 112 Å². The minimum absolute atomic E-state index is 0. The molecule has 4 heteroatoms. The average Bonchev–Trinajstić information content (AvgIpc) is 2.35. The molecule has 2 aromatic carbocycles. The van der Waals surface area contributed by atoms with Crippen LogP contribution in [0.5, 0.6) is 11.5 Å². The second-order valence-electron chi connectivity index (χ2n) is 4.04. The van der Waals surface area contributed by atoms with E-state index in [1.807, 2.05) is 30.3 Å². The quantitative estimate of drug-likeness (QED) is 0.748. The molecule has 18 heavy (non-hydrogen) atoms. The summed E-state index contributed by atoms with van der Waals surface area (Å²) in [6.45, 7) is 0. The maximum Gasteiger partial charge on any atom is 0.157 e. The molecule has 0 aliphatic heterocycles. The summed E-state index contributed by atoms with van der Waals surface area (Å²) in [7, 11) is 0. The van der Waals surface area contributed by atoms with Gasteiger partial charge < -0.3 is 15.9 Å². The minimum atomic E-state index is -0.111. The van der Waals surface area contributed by atoms with E-state index in [9.17, 15) is 10.2 Å². The van der Waals surface area contributed by atoms with Crippen LogP contribution in [-0.4, -0.2) is 10.2 Å². The fourth-order valence-corrected chi connectivity index (χ4v) is 1.77. The second-order valence-corrected chi connectivity index (χ2v) is 4.04. The summed E-state index contributed by atoms with van der Waals surface area (Å²) in [5.74, 6) is -0.218. The van der Waals surface area contributed by atoms with Crippen LogP contribution in [0.2, 0.25) is 0 Å². The van der Waals surface area contributed by atoms with Crippen LogP contribution in [0.3, 0.4) is 0 Å². The number of aromatic hydroxyl groups is 2. The van der Waals surface area contributed by atoms with Crippen LogP contribution in [0.25, 0.3) is 0 Å². The van der Waals surface area contributed by atoms with Crippen molar-refractivity contribution in [2.45, 2.75) is 12.5 Å². The molecule has 0 bridgehead atoms. The molecular weight excluding hydrogens is 250 g/mol. The molecule has 3 nitrogen and oxygen atoms in total. The van der Waals surface area contributed by atoms with Gasteiger partial charge in [0, 0.05) is 6.04 Å². The molecule has 1 atom stereocenters. The number of rotatable bonds is 3. The van der Waals surface area contributed by atoms with Crippen molar-refractivity contribution >= 4 is 12.4 Å². The molecule has 1 unspecified atom stereocenters. The van der Waals surface area contributed by atoms with Crippen molar-refractivity contribution in [2.75, 3.05) is 0 Å². The summed E-state index contributed by atoms with van der Waals surface area (Å²) in [5, 5.41) is 18.6. The van der Waals surface area contributed by atoms with Gasteiger partial charge in [0.25, 0.3) is 0 Å². The summed E-state index contributed by atoms with van der Waals surface area (Å²) in [5.41, 5.74) is 8.03. The normalized spacial score (nSPS) is 11.6. The van der Waals surface area contributed by atoms with Gasteiger partial charge in [-0.1, -0.05) is 36.4 Å². The smallest absolute Gasteiger partial charge is 0.157 e. The lowest BCUT2D eigenvalue weighted by Crippen LogP contribution is -2.13. The molecule has 2 aromatic rings. The van der Waals surface area contributed by atoms with Crippen molar-refractivity contribution in [2.24, 2.45) is 5.73 Å². The third-order valence-corrected chi connectivity index (χ3v) is 2.72. The molecule has 4 N–H and O–H groups in total. The molecule has 0 aliphatic rings. The van der Waals surface area contributed by atoms with Crippen molar-refractivity contribution in [1.29, 1.82) is 0 Å². The largest absolute Gasteiger partial charge is 0.504 e. The highest BCUT2D eigenvalue weighted by Gasteiger charge is 2.08. The topological polar surface area (TPSA) is 66.5 Å². The second kappa shape index (κ2) is 6.28. The summed E-state index contributed by atoms with van der Waals surface area (Å²) < 4.78 is 0. The van der Waals surface area contributed by atoms with Gasteiger partial charge in [-0.2, -0.15) is 0 Å². The Morgan fingerprint density at radius 3 is 2.22 bits per heavy atom. The molecule has 0 radical (unpaired) electrons. The van der Waals surface area contributed by atoms with Gasteiger partial charge in [-0.05, 0) is 29.7 Å². The van der Waals surface area contributed by atoms with E-state index in [2.05, 4.69) is 0 Å². The highest BCUT2D eigenvalue weighted by atomic mass is 35.5. The first-order valence-corrected chi connectivity index (χ1v) is 5.48. The third kappa shape index (κ3) is 3.39. The maximum absolute atomic E-state index is 9.39. The van der Waals surface area contributed by atoms with Crippen LogP contribution in [-0.2, 0) is 6.42 Å². The molecule has 0 saturated heterocycles. The van der Waals surface area contributed by atoms with Gasteiger partial charge in [0.1, 0.15) is 0 Å². The number of benzene rings is 2. The highest BCUT2D eigenvalue weighted by molar-refractivity contribution is 5.85. The zero-order chi connectivity index (χ0) is 12.3. The van der Waals surface area contributed by atoms with Crippen molar-refractivity contribution in [3.63, 3.8) is 0 Å². The summed E-state index contributed by atoms with van der Waals surface area (Å²) in [4.78, 5) is 0. The number of halogens is 1. The van der Waals surface area contributed by atoms with Gasteiger partial charge in [-0.3, -0.25) is 0 Å². The Kier molecular flexibility index (Phi) is 5.01.